The number of rotatable bonds is 2. The predicted octanol–water partition coefficient (Wildman–Crippen LogP) is 6.23. The summed E-state index contributed by atoms with van der Waals surface area (Å²) >= 11 is 4.08. The first-order chi connectivity index (χ1) is 11.5. The lowest BCUT2D eigenvalue weighted by molar-refractivity contribution is -0.274. The largest absolute Gasteiger partial charge is 0.573 e. The lowest BCUT2D eigenvalue weighted by Gasteiger charge is -2.13. The molecule has 1 nitrogen and oxygen atoms in total. The zero-order chi connectivity index (χ0) is 17.4. The van der Waals surface area contributed by atoms with E-state index in [1.807, 2.05) is 30.3 Å². The molecule has 0 bridgehead atoms. The van der Waals surface area contributed by atoms with E-state index < -0.39 is 6.36 Å². The average molecular weight is 348 g/mol. The maximum atomic E-state index is 12.2. The summed E-state index contributed by atoms with van der Waals surface area (Å²) in [6.45, 7) is 0. The van der Waals surface area contributed by atoms with Crippen LogP contribution in [0.2, 0.25) is 0 Å². The van der Waals surface area contributed by atoms with Gasteiger partial charge in [-0.1, -0.05) is 66.7 Å². The fraction of sp³-hybridized carbons (Fsp3) is 0.0526. The molecule has 0 spiro atoms. The molecule has 0 amide bonds. The van der Waals surface area contributed by atoms with Crippen LogP contribution < -0.4 is 4.74 Å². The minimum atomic E-state index is -4.68. The molecule has 24 heavy (non-hydrogen) atoms. The molecule has 0 fully saturated rings. The van der Waals surface area contributed by atoms with Gasteiger partial charge in [0, 0.05) is 10.5 Å². The van der Waals surface area contributed by atoms with E-state index in [0.29, 0.717) is 11.1 Å². The third-order valence-corrected chi connectivity index (χ3v) is 3.25. The summed E-state index contributed by atoms with van der Waals surface area (Å²) < 4.78 is 40.6. The van der Waals surface area contributed by atoms with Crippen LogP contribution in [0, 0.1) is 0 Å². The van der Waals surface area contributed by atoms with Crippen LogP contribution >= 0.6 is 12.6 Å². The number of halogens is 3. The molecule has 3 rings (SSSR count). The standard InChI is InChI=1S/C13H9F3O.C6H6S/c14-13(15,16)17-12-9-5-4-8-11(12)10-6-2-1-3-7-10;7-6-4-2-1-3-5-6/h1-9H;1-5,7H. The molecule has 0 unspecified atom stereocenters. The van der Waals surface area contributed by atoms with Gasteiger partial charge in [0.25, 0.3) is 0 Å². The second-order valence-electron chi connectivity index (χ2n) is 4.75. The molecule has 0 atom stereocenters. The Hall–Kier alpha value is -2.40. The zero-order valence-corrected chi connectivity index (χ0v) is 13.5. The highest BCUT2D eigenvalue weighted by molar-refractivity contribution is 7.80. The molecular weight excluding hydrogens is 333 g/mol. The molecule has 0 aliphatic rings. The van der Waals surface area contributed by atoms with Crippen LogP contribution in [-0.2, 0) is 0 Å². The van der Waals surface area contributed by atoms with Crippen molar-refractivity contribution in [3.63, 3.8) is 0 Å². The normalized spacial score (nSPS) is 10.5. The van der Waals surface area contributed by atoms with E-state index in [2.05, 4.69) is 17.4 Å². The summed E-state index contributed by atoms with van der Waals surface area (Å²) in [6, 6.07) is 24.7. The minimum absolute atomic E-state index is 0.189. The summed E-state index contributed by atoms with van der Waals surface area (Å²) in [5.41, 5.74) is 1.11. The van der Waals surface area contributed by atoms with Gasteiger partial charge < -0.3 is 4.74 Å². The number of para-hydroxylation sites is 1. The maximum absolute atomic E-state index is 12.2. The summed E-state index contributed by atoms with van der Waals surface area (Å²) in [4.78, 5) is 1.02. The summed E-state index contributed by atoms with van der Waals surface area (Å²) in [7, 11) is 0. The van der Waals surface area contributed by atoms with Crippen LogP contribution in [0.3, 0.4) is 0 Å². The van der Waals surface area contributed by atoms with Crippen LogP contribution in [-0.4, -0.2) is 6.36 Å². The van der Waals surface area contributed by atoms with Crippen molar-refractivity contribution >= 4 is 12.6 Å². The number of alkyl halides is 3. The molecule has 5 heteroatoms. The summed E-state index contributed by atoms with van der Waals surface area (Å²) in [5, 5.41) is 0. The molecule has 3 aromatic rings. The molecule has 0 radical (unpaired) electrons. The first kappa shape index (κ1) is 17.9. The van der Waals surface area contributed by atoms with Crippen LogP contribution in [0.1, 0.15) is 0 Å². The van der Waals surface area contributed by atoms with Crippen molar-refractivity contribution in [1.29, 1.82) is 0 Å². The molecule has 0 heterocycles. The van der Waals surface area contributed by atoms with E-state index in [1.165, 1.54) is 12.1 Å². The predicted molar refractivity (Wildman–Crippen MR) is 92.3 cm³/mol. The van der Waals surface area contributed by atoms with Crippen molar-refractivity contribution in [2.24, 2.45) is 0 Å². The number of benzene rings is 3. The van der Waals surface area contributed by atoms with E-state index in [4.69, 9.17) is 0 Å². The summed E-state index contributed by atoms with van der Waals surface area (Å²) in [6.07, 6.45) is -4.68. The van der Waals surface area contributed by atoms with E-state index in [1.54, 1.807) is 42.5 Å². The van der Waals surface area contributed by atoms with Crippen molar-refractivity contribution in [2.45, 2.75) is 11.3 Å². The van der Waals surface area contributed by atoms with Crippen molar-refractivity contribution in [1.82, 2.24) is 0 Å². The van der Waals surface area contributed by atoms with E-state index >= 15 is 0 Å². The molecule has 0 aromatic heterocycles. The van der Waals surface area contributed by atoms with Gasteiger partial charge in [0.1, 0.15) is 5.75 Å². The smallest absolute Gasteiger partial charge is 0.405 e. The number of hydrogen-bond donors (Lipinski definition) is 1. The summed E-state index contributed by atoms with van der Waals surface area (Å²) in [5.74, 6) is -0.189. The molecule has 0 aliphatic carbocycles. The van der Waals surface area contributed by atoms with Crippen molar-refractivity contribution in [3.05, 3.63) is 84.9 Å². The Kier molecular flexibility index (Phi) is 6.32. The monoisotopic (exact) mass is 348 g/mol. The van der Waals surface area contributed by atoms with Gasteiger partial charge in [-0.15, -0.1) is 25.8 Å². The van der Waals surface area contributed by atoms with E-state index in [0.717, 1.165) is 4.90 Å². The maximum Gasteiger partial charge on any atom is 0.573 e. The van der Waals surface area contributed by atoms with Crippen LogP contribution in [0.4, 0.5) is 13.2 Å². The second-order valence-corrected chi connectivity index (χ2v) is 5.26. The van der Waals surface area contributed by atoms with Gasteiger partial charge in [-0.3, -0.25) is 0 Å². The first-order valence-corrected chi connectivity index (χ1v) is 7.54. The molecule has 124 valence electrons. The molecule has 0 aliphatic heterocycles. The van der Waals surface area contributed by atoms with E-state index in [9.17, 15) is 13.2 Å². The van der Waals surface area contributed by atoms with Gasteiger partial charge in [0.05, 0.1) is 0 Å². The van der Waals surface area contributed by atoms with Crippen molar-refractivity contribution in [2.75, 3.05) is 0 Å². The van der Waals surface area contributed by atoms with Crippen molar-refractivity contribution in [3.8, 4) is 16.9 Å². The number of ether oxygens (including phenoxy) is 1. The van der Waals surface area contributed by atoms with Crippen molar-refractivity contribution < 1.29 is 17.9 Å². The van der Waals surface area contributed by atoms with Gasteiger partial charge >= 0.3 is 6.36 Å². The van der Waals surface area contributed by atoms with Gasteiger partial charge in [-0.2, -0.15) is 0 Å². The highest BCUT2D eigenvalue weighted by Crippen LogP contribution is 2.33. The van der Waals surface area contributed by atoms with Crippen LogP contribution in [0.5, 0.6) is 5.75 Å². The number of thiol groups is 1. The SMILES string of the molecule is FC(F)(F)Oc1ccccc1-c1ccccc1.Sc1ccccc1. The second kappa shape index (κ2) is 8.45. The minimum Gasteiger partial charge on any atom is -0.405 e. The average Bonchev–Trinajstić information content (AvgIpc) is 2.56. The fourth-order valence-corrected chi connectivity index (χ4v) is 2.14. The molecule has 0 N–H and O–H groups in total. The zero-order valence-electron chi connectivity index (χ0n) is 12.6. The lowest BCUT2D eigenvalue weighted by atomic mass is 10.1. The topological polar surface area (TPSA) is 9.23 Å². The Morgan fingerprint density at radius 3 is 1.67 bits per heavy atom. The Bertz CT molecular complexity index is 743. The Balaban J connectivity index is 0.000000249. The molecular formula is C19H15F3OS. The third kappa shape index (κ3) is 6.01. The molecule has 3 aromatic carbocycles. The van der Waals surface area contributed by atoms with Gasteiger partial charge in [-0.25, -0.2) is 0 Å². The fourth-order valence-electron chi connectivity index (χ4n) is 1.96. The quantitative estimate of drug-likeness (QED) is 0.540. The number of hydrogen-bond acceptors (Lipinski definition) is 2. The molecule has 0 saturated heterocycles. The molecule has 0 saturated carbocycles. The van der Waals surface area contributed by atoms with Gasteiger partial charge in [-0.05, 0) is 23.8 Å². The highest BCUT2D eigenvalue weighted by atomic mass is 32.1. The first-order valence-electron chi connectivity index (χ1n) is 7.10. The highest BCUT2D eigenvalue weighted by Gasteiger charge is 2.32. The van der Waals surface area contributed by atoms with E-state index in [-0.39, 0.29) is 5.75 Å². The van der Waals surface area contributed by atoms with Crippen LogP contribution in [0.25, 0.3) is 11.1 Å². The van der Waals surface area contributed by atoms with Crippen LogP contribution in [0.15, 0.2) is 89.8 Å². The Morgan fingerprint density at radius 2 is 1.17 bits per heavy atom. The Morgan fingerprint density at radius 1 is 0.667 bits per heavy atom. The Labute approximate surface area is 144 Å². The lowest BCUT2D eigenvalue weighted by Crippen LogP contribution is -2.17. The van der Waals surface area contributed by atoms with Gasteiger partial charge in [0.2, 0.25) is 0 Å². The third-order valence-electron chi connectivity index (χ3n) is 2.95. The van der Waals surface area contributed by atoms with Gasteiger partial charge in [0.15, 0.2) is 0 Å².